The van der Waals surface area contributed by atoms with E-state index in [2.05, 4.69) is 4.98 Å². The van der Waals surface area contributed by atoms with Crippen LogP contribution in [-0.2, 0) is 22.4 Å². The van der Waals surface area contributed by atoms with Crippen molar-refractivity contribution in [3.05, 3.63) is 53.2 Å². The highest BCUT2D eigenvalue weighted by atomic mass is 16.5. The monoisotopic (exact) mass is 451 g/mol. The maximum atomic E-state index is 13.2. The number of aryl methyl sites for hydroxylation is 1. The smallest absolute Gasteiger partial charge is 0.245 e. The van der Waals surface area contributed by atoms with Gasteiger partial charge < -0.3 is 19.2 Å². The van der Waals surface area contributed by atoms with Crippen molar-refractivity contribution in [1.82, 2.24) is 15.0 Å². The fraction of sp³-hybridized carbons (Fsp3) is 0.360. The van der Waals surface area contributed by atoms with E-state index in [0.717, 1.165) is 34.1 Å². The summed E-state index contributed by atoms with van der Waals surface area (Å²) >= 11 is 0. The molecule has 8 heteroatoms. The van der Waals surface area contributed by atoms with Crippen molar-refractivity contribution in [3.63, 3.8) is 0 Å². The molecule has 4 rings (SSSR count). The summed E-state index contributed by atoms with van der Waals surface area (Å²) in [5.41, 5.74) is 3.68. The molecule has 174 valence electrons. The number of benzene rings is 2. The molecule has 0 aliphatic carbocycles. The number of H-pyrrole nitrogens is 1. The number of aromatic amines is 1. The maximum absolute atomic E-state index is 13.2. The minimum atomic E-state index is -0.147. The molecule has 33 heavy (non-hydrogen) atoms. The van der Waals surface area contributed by atoms with E-state index in [1.165, 1.54) is 21.3 Å². The topological polar surface area (TPSA) is 84.1 Å². The van der Waals surface area contributed by atoms with E-state index in [-0.39, 0.29) is 24.7 Å². The molecule has 0 saturated carbocycles. The quantitative estimate of drug-likeness (QED) is 0.596. The van der Waals surface area contributed by atoms with Crippen molar-refractivity contribution in [1.29, 1.82) is 0 Å². The van der Waals surface area contributed by atoms with Crippen molar-refractivity contribution in [2.24, 2.45) is 0 Å². The number of ether oxygens (including phenoxy) is 3. The number of aromatic nitrogens is 1. The van der Waals surface area contributed by atoms with Crippen LogP contribution in [0.3, 0.4) is 0 Å². The minimum absolute atomic E-state index is 0.0846. The molecular weight excluding hydrogens is 422 g/mol. The van der Waals surface area contributed by atoms with Crippen LogP contribution < -0.4 is 14.2 Å². The number of rotatable bonds is 7. The first-order chi connectivity index (χ1) is 16.0. The molecule has 8 nitrogen and oxygen atoms in total. The molecule has 1 aromatic heterocycles. The van der Waals surface area contributed by atoms with Gasteiger partial charge in [0.05, 0.1) is 34.2 Å². The Hall–Kier alpha value is -3.68. The molecule has 2 heterocycles. The number of amides is 2. The lowest BCUT2D eigenvalue weighted by molar-refractivity contribution is -0.157. The molecule has 0 unspecified atom stereocenters. The van der Waals surface area contributed by atoms with Gasteiger partial charge in [-0.1, -0.05) is 18.2 Å². The van der Waals surface area contributed by atoms with Crippen LogP contribution in [0.5, 0.6) is 17.2 Å². The van der Waals surface area contributed by atoms with Gasteiger partial charge in [0.1, 0.15) is 0 Å². The number of nitrogens with zero attached hydrogens (tertiary/aromatic N) is 2. The van der Waals surface area contributed by atoms with Crippen LogP contribution in [0.25, 0.3) is 10.9 Å². The van der Waals surface area contributed by atoms with Crippen molar-refractivity contribution >= 4 is 22.7 Å². The Bertz CT molecular complexity index is 1160. The summed E-state index contributed by atoms with van der Waals surface area (Å²) in [5, 5.41) is 4.19. The lowest BCUT2D eigenvalue weighted by Gasteiger charge is -2.28. The highest BCUT2D eigenvalue weighted by Gasteiger charge is 2.31. The first-order valence-corrected chi connectivity index (χ1v) is 10.9. The van der Waals surface area contributed by atoms with Crippen LogP contribution in [0.4, 0.5) is 0 Å². The van der Waals surface area contributed by atoms with E-state index in [1.807, 2.05) is 31.2 Å². The molecule has 1 aliphatic rings. The first-order valence-electron chi connectivity index (χ1n) is 10.9. The summed E-state index contributed by atoms with van der Waals surface area (Å²) in [6, 6.07) is 11.5. The zero-order chi connectivity index (χ0) is 23.5. The lowest BCUT2D eigenvalue weighted by Crippen LogP contribution is -2.46. The van der Waals surface area contributed by atoms with Gasteiger partial charge in [0.25, 0.3) is 0 Å². The van der Waals surface area contributed by atoms with Gasteiger partial charge in [-0.25, -0.2) is 0 Å². The number of hydrogen-bond donors (Lipinski definition) is 1. The largest absolute Gasteiger partial charge is 0.493 e. The molecule has 2 amide bonds. The standard InChI is InChI=1S/C25H29N3O5/c1-16-19(18-8-5-6-9-20(18)26-16)15-24(30)28-11-7-10-27(28)23(29)14-17-12-21(31-2)25(33-4)22(13-17)32-3/h5-6,8-9,12-13,26H,7,10-11,14-15H2,1-4H3. The van der Waals surface area contributed by atoms with Crippen molar-refractivity contribution in [3.8, 4) is 17.2 Å². The highest BCUT2D eigenvalue weighted by Crippen LogP contribution is 2.38. The number of hydrogen-bond acceptors (Lipinski definition) is 5. The fourth-order valence-electron chi connectivity index (χ4n) is 4.44. The highest BCUT2D eigenvalue weighted by molar-refractivity contribution is 5.91. The zero-order valence-corrected chi connectivity index (χ0v) is 19.4. The van der Waals surface area contributed by atoms with Crippen molar-refractivity contribution in [2.45, 2.75) is 26.2 Å². The second-order valence-corrected chi connectivity index (χ2v) is 8.05. The van der Waals surface area contributed by atoms with E-state index in [0.29, 0.717) is 30.3 Å². The number of fused-ring (bicyclic) bond motifs is 1. The molecule has 0 radical (unpaired) electrons. The molecule has 2 aromatic carbocycles. The SMILES string of the molecule is COc1cc(CC(=O)N2CCCN2C(=O)Cc2c(C)[nH]c3ccccc23)cc(OC)c1OC. The van der Waals surface area contributed by atoms with Gasteiger partial charge in [0, 0.05) is 29.7 Å². The summed E-state index contributed by atoms with van der Waals surface area (Å²) in [7, 11) is 4.61. The Morgan fingerprint density at radius 2 is 1.52 bits per heavy atom. The molecule has 0 atom stereocenters. The van der Waals surface area contributed by atoms with Crippen molar-refractivity contribution in [2.75, 3.05) is 34.4 Å². The first kappa shape index (κ1) is 22.5. The van der Waals surface area contributed by atoms with Gasteiger partial charge in [-0.15, -0.1) is 0 Å². The van der Waals surface area contributed by atoms with Gasteiger partial charge in [0.2, 0.25) is 17.6 Å². The molecule has 0 bridgehead atoms. The average molecular weight is 452 g/mol. The molecular formula is C25H29N3O5. The normalized spacial score (nSPS) is 13.5. The van der Waals surface area contributed by atoms with Gasteiger partial charge in [-0.05, 0) is 42.7 Å². The van der Waals surface area contributed by atoms with Crippen LogP contribution >= 0.6 is 0 Å². The maximum Gasteiger partial charge on any atom is 0.245 e. The molecule has 1 N–H and O–H groups in total. The number of methoxy groups -OCH3 is 3. The number of carbonyl (C=O) groups excluding carboxylic acids is 2. The van der Waals surface area contributed by atoms with E-state index in [9.17, 15) is 9.59 Å². The molecule has 3 aromatic rings. The second-order valence-electron chi connectivity index (χ2n) is 8.05. The number of carbonyl (C=O) groups is 2. The predicted octanol–water partition coefficient (Wildman–Crippen LogP) is 3.26. The predicted molar refractivity (Wildman–Crippen MR) is 125 cm³/mol. The van der Waals surface area contributed by atoms with E-state index in [1.54, 1.807) is 22.2 Å². The van der Waals surface area contributed by atoms with Gasteiger partial charge in [-0.3, -0.25) is 19.6 Å². The Kier molecular flexibility index (Phi) is 6.44. The Morgan fingerprint density at radius 3 is 2.12 bits per heavy atom. The van der Waals surface area contributed by atoms with Crippen LogP contribution in [-0.4, -0.2) is 61.2 Å². The van der Waals surface area contributed by atoms with Crippen LogP contribution in [0.1, 0.15) is 23.2 Å². The fourth-order valence-corrected chi connectivity index (χ4v) is 4.44. The van der Waals surface area contributed by atoms with E-state index in [4.69, 9.17) is 14.2 Å². The lowest BCUT2D eigenvalue weighted by atomic mass is 10.1. The summed E-state index contributed by atoms with van der Waals surface area (Å²) in [5.74, 6) is 1.22. The summed E-state index contributed by atoms with van der Waals surface area (Å²) in [6.45, 7) is 3.02. The van der Waals surface area contributed by atoms with Gasteiger partial charge in [0.15, 0.2) is 11.5 Å². The second kappa shape index (κ2) is 9.44. The minimum Gasteiger partial charge on any atom is -0.493 e. The van der Waals surface area contributed by atoms with Crippen LogP contribution in [0.15, 0.2) is 36.4 Å². The van der Waals surface area contributed by atoms with E-state index < -0.39 is 0 Å². The Balaban J connectivity index is 1.52. The Labute approximate surface area is 193 Å². The summed E-state index contributed by atoms with van der Waals surface area (Å²) < 4.78 is 16.1. The van der Waals surface area contributed by atoms with Crippen LogP contribution in [0, 0.1) is 6.92 Å². The van der Waals surface area contributed by atoms with Crippen LogP contribution in [0.2, 0.25) is 0 Å². The molecule has 1 aliphatic heterocycles. The molecule has 0 spiro atoms. The van der Waals surface area contributed by atoms with Crippen molar-refractivity contribution < 1.29 is 23.8 Å². The van der Waals surface area contributed by atoms with E-state index >= 15 is 0 Å². The summed E-state index contributed by atoms with van der Waals surface area (Å²) in [6.07, 6.45) is 1.11. The zero-order valence-electron chi connectivity index (χ0n) is 19.4. The third-order valence-electron chi connectivity index (χ3n) is 6.04. The van der Waals surface area contributed by atoms with Gasteiger partial charge >= 0.3 is 0 Å². The number of hydrazine groups is 1. The van der Waals surface area contributed by atoms with Gasteiger partial charge in [-0.2, -0.15) is 0 Å². The third kappa shape index (κ3) is 4.33. The number of para-hydroxylation sites is 1. The third-order valence-corrected chi connectivity index (χ3v) is 6.04. The summed E-state index contributed by atoms with van der Waals surface area (Å²) in [4.78, 5) is 29.7. The number of nitrogens with one attached hydrogen (secondary N) is 1. The Morgan fingerprint density at radius 1 is 0.909 bits per heavy atom. The molecule has 1 saturated heterocycles. The molecule has 1 fully saturated rings. The average Bonchev–Trinajstić information content (AvgIpc) is 3.43.